The van der Waals surface area contributed by atoms with Gasteiger partial charge in [-0.25, -0.2) is 8.42 Å². The van der Waals surface area contributed by atoms with E-state index >= 15 is 0 Å². The van der Waals surface area contributed by atoms with E-state index in [9.17, 15) is 8.42 Å². The lowest BCUT2D eigenvalue weighted by Crippen LogP contribution is -2.40. The van der Waals surface area contributed by atoms with Crippen LogP contribution in [0.3, 0.4) is 0 Å². The van der Waals surface area contributed by atoms with E-state index in [0.717, 1.165) is 36.9 Å². The SMILES string of the molecule is CCNC1CCCC1S(=O)(=O)c1cc(C)ccc1C. The minimum absolute atomic E-state index is 0.106. The summed E-state index contributed by atoms with van der Waals surface area (Å²) >= 11 is 0. The van der Waals surface area contributed by atoms with E-state index in [2.05, 4.69) is 5.32 Å². The second-order valence-electron chi connectivity index (χ2n) is 5.45. The summed E-state index contributed by atoms with van der Waals surface area (Å²) in [4.78, 5) is 0.516. The summed E-state index contributed by atoms with van der Waals surface area (Å²) in [5.41, 5.74) is 1.86. The first-order valence-corrected chi connectivity index (χ1v) is 8.56. The number of aryl methyl sites for hydroxylation is 2. The maximum Gasteiger partial charge on any atom is 0.183 e. The zero-order valence-electron chi connectivity index (χ0n) is 11.9. The molecule has 0 bridgehead atoms. The fraction of sp³-hybridized carbons (Fsp3) is 0.600. The largest absolute Gasteiger partial charge is 0.313 e. The van der Waals surface area contributed by atoms with Gasteiger partial charge in [-0.3, -0.25) is 0 Å². The van der Waals surface area contributed by atoms with Crippen molar-refractivity contribution < 1.29 is 8.42 Å². The summed E-state index contributed by atoms with van der Waals surface area (Å²) < 4.78 is 25.7. The highest BCUT2D eigenvalue weighted by Gasteiger charge is 2.38. The predicted molar refractivity (Wildman–Crippen MR) is 78.2 cm³/mol. The number of nitrogens with one attached hydrogen (secondary N) is 1. The third-order valence-electron chi connectivity index (χ3n) is 3.97. The molecule has 1 aliphatic rings. The van der Waals surface area contributed by atoms with Crippen molar-refractivity contribution in [3.8, 4) is 0 Å². The van der Waals surface area contributed by atoms with Gasteiger partial charge >= 0.3 is 0 Å². The molecule has 0 saturated heterocycles. The molecular formula is C15H23NO2S. The molecule has 0 spiro atoms. The lowest BCUT2D eigenvalue weighted by molar-refractivity contribution is 0.517. The molecule has 3 nitrogen and oxygen atoms in total. The van der Waals surface area contributed by atoms with Crippen LogP contribution in [0.1, 0.15) is 37.3 Å². The zero-order valence-corrected chi connectivity index (χ0v) is 12.8. The quantitative estimate of drug-likeness (QED) is 0.923. The highest BCUT2D eigenvalue weighted by Crippen LogP contribution is 2.31. The fourth-order valence-electron chi connectivity index (χ4n) is 2.97. The summed E-state index contributed by atoms with van der Waals surface area (Å²) in [5, 5.41) is 3.05. The molecule has 0 radical (unpaired) electrons. The Kier molecular flexibility index (Phi) is 4.31. The van der Waals surface area contributed by atoms with Gasteiger partial charge in [0, 0.05) is 6.04 Å². The topological polar surface area (TPSA) is 46.2 Å². The van der Waals surface area contributed by atoms with Gasteiger partial charge in [-0.05, 0) is 50.4 Å². The monoisotopic (exact) mass is 281 g/mol. The van der Waals surface area contributed by atoms with E-state index in [4.69, 9.17) is 0 Å². The molecule has 0 amide bonds. The Bertz CT molecular complexity index is 551. The molecule has 2 atom stereocenters. The van der Waals surface area contributed by atoms with Gasteiger partial charge in [0.2, 0.25) is 0 Å². The normalized spacial score (nSPS) is 23.7. The van der Waals surface area contributed by atoms with Crippen LogP contribution in [0.5, 0.6) is 0 Å². The minimum Gasteiger partial charge on any atom is -0.313 e. The summed E-state index contributed by atoms with van der Waals surface area (Å²) in [6.45, 7) is 6.67. The van der Waals surface area contributed by atoms with Crippen LogP contribution in [0.15, 0.2) is 23.1 Å². The van der Waals surface area contributed by atoms with E-state index in [1.54, 1.807) is 0 Å². The van der Waals surface area contributed by atoms with Crippen molar-refractivity contribution in [3.63, 3.8) is 0 Å². The maximum atomic E-state index is 12.9. The highest BCUT2D eigenvalue weighted by molar-refractivity contribution is 7.92. The first-order valence-electron chi connectivity index (χ1n) is 7.01. The first-order chi connectivity index (χ1) is 8.96. The summed E-state index contributed by atoms with van der Waals surface area (Å²) in [7, 11) is -3.23. The number of hydrogen-bond acceptors (Lipinski definition) is 3. The van der Waals surface area contributed by atoms with Gasteiger partial charge in [-0.1, -0.05) is 25.5 Å². The van der Waals surface area contributed by atoms with E-state index in [-0.39, 0.29) is 11.3 Å². The lowest BCUT2D eigenvalue weighted by Gasteiger charge is -2.21. The molecular weight excluding hydrogens is 258 g/mol. The van der Waals surface area contributed by atoms with Crippen LogP contribution in [0.2, 0.25) is 0 Å². The van der Waals surface area contributed by atoms with Gasteiger partial charge in [0.25, 0.3) is 0 Å². The molecule has 1 N–H and O–H groups in total. The molecule has 0 aliphatic heterocycles. The molecule has 2 unspecified atom stereocenters. The average molecular weight is 281 g/mol. The fourth-order valence-corrected chi connectivity index (χ4v) is 5.30. The Balaban J connectivity index is 2.39. The number of hydrogen-bond donors (Lipinski definition) is 1. The summed E-state index contributed by atoms with van der Waals surface area (Å²) in [6.07, 6.45) is 2.72. The molecule has 0 aromatic heterocycles. The zero-order chi connectivity index (χ0) is 14.0. The van der Waals surface area contributed by atoms with Gasteiger partial charge in [0.05, 0.1) is 10.1 Å². The van der Waals surface area contributed by atoms with Crippen molar-refractivity contribution in [2.45, 2.75) is 56.2 Å². The molecule has 1 aromatic carbocycles. The molecule has 4 heteroatoms. The van der Waals surface area contributed by atoms with Crippen molar-refractivity contribution in [2.75, 3.05) is 6.54 Å². The van der Waals surface area contributed by atoms with Crippen LogP contribution < -0.4 is 5.32 Å². The van der Waals surface area contributed by atoms with Gasteiger partial charge in [0.1, 0.15) is 0 Å². The summed E-state index contributed by atoms with van der Waals surface area (Å²) in [6, 6.07) is 5.78. The second-order valence-corrected chi connectivity index (χ2v) is 7.58. The Hall–Kier alpha value is -0.870. The molecule has 1 fully saturated rings. The van der Waals surface area contributed by atoms with Gasteiger partial charge in [0.15, 0.2) is 9.84 Å². The highest BCUT2D eigenvalue weighted by atomic mass is 32.2. The van der Waals surface area contributed by atoms with Crippen molar-refractivity contribution in [3.05, 3.63) is 29.3 Å². The Morgan fingerprint density at radius 1 is 1.26 bits per heavy atom. The molecule has 2 rings (SSSR count). The average Bonchev–Trinajstić information content (AvgIpc) is 2.81. The molecule has 1 aliphatic carbocycles. The Morgan fingerprint density at radius 3 is 2.68 bits per heavy atom. The predicted octanol–water partition coefficient (Wildman–Crippen LogP) is 2.61. The van der Waals surface area contributed by atoms with E-state index in [1.807, 2.05) is 39.0 Å². The van der Waals surface area contributed by atoms with E-state index < -0.39 is 9.84 Å². The third kappa shape index (κ3) is 2.84. The van der Waals surface area contributed by atoms with Crippen molar-refractivity contribution in [1.29, 1.82) is 0 Å². The van der Waals surface area contributed by atoms with Crippen molar-refractivity contribution >= 4 is 9.84 Å². The lowest BCUT2D eigenvalue weighted by atomic mass is 10.2. The molecule has 0 heterocycles. The smallest absolute Gasteiger partial charge is 0.183 e. The standard InChI is InChI=1S/C15H23NO2S/c1-4-16-13-6-5-7-14(13)19(17,18)15-10-11(2)8-9-12(15)3/h8-10,13-14,16H,4-7H2,1-3H3. The van der Waals surface area contributed by atoms with Crippen LogP contribution in [0.4, 0.5) is 0 Å². The van der Waals surface area contributed by atoms with Crippen LogP contribution in [0.25, 0.3) is 0 Å². The van der Waals surface area contributed by atoms with Crippen LogP contribution in [0, 0.1) is 13.8 Å². The van der Waals surface area contributed by atoms with E-state index in [0.29, 0.717) is 4.90 Å². The Morgan fingerprint density at radius 2 is 2.00 bits per heavy atom. The minimum atomic E-state index is -3.23. The molecule has 106 valence electrons. The van der Waals surface area contributed by atoms with Crippen molar-refractivity contribution in [2.24, 2.45) is 0 Å². The summed E-state index contributed by atoms with van der Waals surface area (Å²) in [5.74, 6) is 0. The first kappa shape index (κ1) is 14.5. The number of sulfone groups is 1. The van der Waals surface area contributed by atoms with Crippen LogP contribution in [-0.4, -0.2) is 26.3 Å². The number of rotatable bonds is 4. The van der Waals surface area contributed by atoms with E-state index in [1.165, 1.54) is 0 Å². The molecule has 1 saturated carbocycles. The van der Waals surface area contributed by atoms with Gasteiger partial charge in [-0.15, -0.1) is 0 Å². The van der Waals surface area contributed by atoms with Crippen LogP contribution >= 0.6 is 0 Å². The Labute approximate surface area is 116 Å². The number of benzene rings is 1. The third-order valence-corrected chi connectivity index (χ3v) is 6.38. The molecule has 1 aromatic rings. The van der Waals surface area contributed by atoms with Crippen molar-refractivity contribution in [1.82, 2.24) is 5.32 Å². The maximum absolute atomic E-state index is 12.9. The second kappa shape index (κ2) is 5.63. The van der Waals surface area contributed by atoms with Crippen LogP contribution in [-0.2, 0) is 9.84 Å². The molecule has 19 heavy (non-hydrogen) atoms. The van der Waals surface area contributed by atoms with Gasteiger partial charge < -0.3 is 5.32 Å². The van der Waals surface area contributed by atoms with Gasteiger partial charge in [-0.2, -0.15) is 0 Å².